The fraction of sp³-hybridized carbons (Fsp3) is 0.333. The number of hydrogen-bond donors (Lipinski definition) is 1. The summed E-state index contributed by atoms with van der Waals surface area (Å²) in [6.07, 6.45) is 4.07. The molecule has 0 spiro atoms. The van der Waals surface area contributed by atoms with Crippen LogP contribution < -0.4 is 5.73 Å². The van der Waals surface area contributed by atoms with Crippen LogP contribution in [0.1, 0.15) is 30.1 Å². The quantitative estimate of drug-likeness (QED) is 0.944. The van der Waals surface area contributed by atoms with Crippen LogP contribution in [0, 0.1) is 0 Å². The van der Waals surface area contributed by atoms with Crippen molar-refractivity contribution in [3.63, 3.8) is 0 Å². The summed E-state index contributed by atoms with van der Waals surface area (Å²) in [4.78, 5) is 18.7. The fourth-order valence-electron chi connectivity index (χ4n) is 2.67. The molecule has 3 heterocycles. The zero-order valence-electron chi connectivity index (χ0n) is 11.2. The van der Waals surface area contributed by atoms with E-state index < -0.39 is 0 Å². The van der Waals surface area contributed by atoms with Gasteiger partial charge in [-0.25, -0.2) is 0 Å². The average Bonchev–Trinajstić information content (AvgIpc) is 3.11. The molecule has 1 atom stereocenters. The van der Waals surface area contributed by atoms with Gasteiger partial charge in [0, 0.05) is 12.2 Å². The van der Waals surface area contributed by atoms with Crippen molar-refractivity contribution in [1.82, 2.24) is 9.88 Å². The van der Waals surface area contributed by atoms with Crippen molar-refractivity contribution < 1.29 is 4.79 Å². The maximum absolute atomic E-state index is 12.5. The van der Waals surface area contributed by atoms with Crippen LogP contribution in [0.2, 0.25) is 0 Å². The lowest BCUT2D eigenvalue weighted by Gasteiger charge is -2.24. The van der Waals surface area contributed by atoms with Crippen molar-refractivity contribution in [3.05, 3.63) is 46.4 Å². The Hall–Kier alpha value is -1.88. The van der Waals surface area contributed by atoms with Crippen molar-refractivity contribution in [2.24, 2.45) is 0 Å². The highest BCUT2D eigenvalue weighted by Gasteiger charge is 2.30. The summed E-state index contributed by atoms with van der Waals surface area (Å²) in [6.45, 7) is 0.842. The van der Waals surface area contributed by atoms with E-state index in [0.29, 0.717) is 12.1 Å². The minimum Gasteiger partial charge on any atom is -0.397 e. The number of nitrogens with two attached hydrogens (primary N) is 1. The van der Waals surface area contributed by atoms with Gasteiger partial charge in [0.2, 0.25) is 5.91 Å². The standard InChI is InChI=1S/C15H17N3OS/c16-12-3-4-13(17-9-12)8-15(19)18-6-1-2-14(18)11-5-7-20-10-11/h3-5,7,9-10,14H,1-2,6,8,16H2. The Kier molecular flexibility index (Phi) is 3.69. The number of nitrogens with zero attached hydrogens (tertiary/aromatic N) is 2. The highest BCUT2D eigenvalue weighted by Crippen LogP contribution is 2.33. The molecule has 104 valence electrons. The van der Waals surface area contributed by atoms with E-state index in [9.17, 15) is 4.79 Å². The van der Waals surface area contributed by atoms with Crippen LogP contribution in [0.25, 0.3) is 0 Å². The first-order valence-corrected chi connectivity index (χ1v) is 7.70. The number of anilines is 1. The molecule has 0 radical (unpaired) electrons. The summed E-state index contributed by atoms with van der Waals surface area (Å²) in [5, 5.41) is 4.20. The van der Waals surface area contributed by atoms with Crippen molar-refractivity contribution in [2.75, 3.05) is 12.3 Å². The first kappa shape index (κ1) is 13.1. The Morgan fingerprint density at radius 3 is 3.05 bits per heavy atom. The predicted molar refractivity (Wildman–Crippen MR) is 80.4 cm³/mol. The number of rotatable bonds is 3. The third kappa shape index (κ3) is 2.67. The van der Waals surface area contributed by atoms with Crippen molar-refractivity contribution >= 4 is 22.9 Å². The number of carbonyl (C=O) groups excluding carboxylic acids is 1. The summed E-state index contributed by atoms with van der Waals surface area (Å²) in [6, 6.07) is 5.96. The van der Waals surface area contributed by atoms with Gasteiger partial charge in [0.25, 0.3) is 0 Å². The van der Waals surface area contributed by atoms with E-state index >= 15 is 0 Å². The van der Waals surface area contributed by atoms with E-state index in [2.05, 4.69) is 21.8 Å². The molecule has 1 saturated heterocycles. The van der Waals surface area contributed by atoms with E-state index in [4.69, 9.17) is 5.73 Å². The van der Waals surface area contributed by atoms with E-state index in [1.54, 1.807) is 23.6 Å². The van der Waals surface area contributed by atoms with Crippen molar-refractivity contribution in [3.8, 4) is 0 Å². The minimum absolute atomic E-state index is 0.149. The molecule has 1 fully saturated rings. The van der Waals surface area contributed by atoms with Gasteiger partial charge < -0.3 is 10.6 Å². The van der Waals surface area contributed by atoms with E-state index in [1.165, 1.54) is 5.56 Å². The molecule has 1 aliphatic heterocycles. The number of aromatic nitrogens is 1. The Labute approximate surface area is 122 Å². The number of likely N-dealkylation sites (tertiary alicyclic amines) is 1. The van der Waals surface area contributed by atoms with Crippen LogP contribution in [-0.4, -0.2) is 22.3 Å². The number of pyridine rings is 1. The molecule has 0 saturated carbocycles. The Morgan fingerprint density at radius 2 is 2.35 bits per heavy atom. The molecule has 1 unspecified atom stereocenters. The largest absolute Gasteiger partial charge is 0.397 e. The van der Waals surface area contributed by atoms with E-state index in [0.717, 1.165) is 25.1 Å². The molecule has 1 amide bonds. The lowest BCUT2D eigenvalue weighted by atomic mass is 10.1. The molecule has 4 nitrogen and oxygen atoms in total. The zero-order valence-corrected chi connectivity index (χ0v) is 12.0. The molecule has 1 aliphatic rings. The normalized spacial score (nSPS) is 18.4. The Balaban J connectivity index is 1.71. The van der Waals surface area contributed by atoms with Crippen LogP contribution in [0.3, 0.4) is 0 Å². The predicted octanol–water partition coefficient (Wildman–Crippen LogP) is 2.63. The van der Waals surface area contributed by atoms with Crippen molar-refractivity contribution in [2.45, 2.75) is 25.3 Å². The highest BCUT2D eigenvalue weighted by molar-refractivity contribution is 7.07. The lowest BCUT2D eigenvalue weighted by Crippen LogP contribution is -2.31. The van der Waals surface area contributed by atoms with Crippen LogP contribution >= 0.6 is 11.3 Å². The van der Waals surface area contributed by atoms with Gasteiger partial charge in [0.05, 0.1) is 24.3 Å². The molecule has 0 bridgehead atoms. The van der Waals surface area contributed by atoms with Gasteiger partial charge in [-0.3, -0.25) is 9.78 Å². The maximum atomic E-state index is 12.5. The van der Waals surface area contributed by atoms with Crippen LogP contribution in [0.4, 0.5) is 5.69 Å². The summed E-state index contributed by atoms with van der Waals surface area (Å²) < 4.78 is 0. The Morgan fingerprint density at radius 1 is 1.45 bits per heavy atom. The van der Waals surface area contributed by atoms with Gasteiger partial charge in [-0.15, -0.1) is 0 Å². The molecule has 20 heavy (non-hydrogen) atoms. The third-order valence-corrected chi connectivity index (χ3v) is 4.38. The van der Waals surface area contributed by atoms with Crippen LogP contribution in [0.5, 0.6) is 0 Å². The van der Waals surface area contributed by atoms with E-state index in [-0.39, 0.29) is 11.9 Å². The molecule has 5 heteroatoms. The molecule has 0 aromatic carbocycles. The molecular weight excluding hydrogens is 270 g/mol. The smallest absolute Gasteiger partial charge is 0.229 e. The topological polar surface area (TPSA) is 59.2 Å². The van der Waals surface area contributed by atoms with Gasteiger partial charge in [-0.1, -0.05) is 0 Å². The molecule has 2 N–H and O–H groups in total. The van der Waals surface area contributed by atoms with Gasteiger partial charge in [-0.2, -0.15) is 11.3 Å². The number of nitrogen functional groups attached to an aromatic ring is 1. The first-order chi connectivity index (χ1) is 9.74. The van der Waals surface area contributed by atoms with Gasteiger partial charge >= 0.3 is 0 Å². The van der Waals surface area contributed by atoms with Crippen molar-refractivity contribution in [1.29, 1.82) is 0 Å². The van der Waals surface area contributed by atoms with Crippen LogP contribution in [-0.2, 0) is 11.2 Å². The first-order valence-electron chi connectivity index (χ1n) is 6.76. The SMILES string of the molecule is Nc1ccc(CC(=O)N2CCCC2c2ccsc2)nc1. The van der Waals surface area contributed by atoms with Gasteiger partial charge in [0.15, 0.2) is 0 Å². The molecule has 0 aliphatic carbocycles. The summed E-state index contributed by atoms with van der Waals surface area (Å²) >= 11 is 1.68. The van der Waals surface area contributed by atoms with Crippen LogP contribution in [0.15, 0.2) is 35.2 Å². The summed E-state index contributed by atoms with van der Waals surface area (Å²) in [7, 11) is 0. The number of hydrogen-bond acceptors (Lipinski definition) is 4. The van der Waals surface area contributed by atoms with Gasteiger partial charge in [-0.05, 0) is 47.4 Å². The average molecular weight is 287 g/mol. The second-order valence-corrected chi connectivity index (χ2v) is 5.84. The second-order valence-electron chi connectivity index (χ2n) is 5.06. The minimum atomic E-state index is 0.149. The molecule has 2 aromatic rings. The maximum Gasteiger partial charge on any atom is 0.229 e. The second kappa shape index (κ2) is 5.63. The lowest BCUT2D eigenvalue weighted by molar-refractivity contribution is -0.131. The molecular formula is C15H17N3OS. The third-order valence-electron chi connectivity index (χ3n) is 3.68. The van der Waals surface area contributed by atoms with E-state index in [1.807, 2.05) is 11.0 Å². The highest BCUT2D eigenvalue weighted by atomic mass is 32.1. The fourth-order valence-corrected chi connectivity index (χ4v) is 3.38. The monoisotopic (exact) mass is 287 g/mol. The summed E-state index contributed by atoms with van der Waals surface area (Å²) in [5.41, 5.74) is 8.27. The number of amides is 1. The summed E-state index contributed by atoms with van der Waals surface area (Å²) in [5.74, 6) is 0.149. The Bertz CT molecular complexity index is 580. The molecule has 3 rings (SSSR count). The number of carbonyl (C=O) groups is 1. The zero-order chi connectivity index (χ0) is 13.9. The number of thiophene rings is 1. The molecule has 2 aromatic heterocycles. The van der Waals surface area contributed by atoms with Gasteiger partial charge in [0.1, 0.15) is 0 Å².